The van der Waals surface area contributed by atoms with Crippen LogP contribution in [0.25, 0.3) is 0 Å². The normalized spacial score (nSPS) is 10.9. The molecule has 0 radical (unpaired) electrons. The van der Waals surface area contributed by atoms with Crippen LogP contribution in [0.4, 0.5) is 0 Å². The van der Waals surface area contributed by atoms with Gasteiger partial charge in [0.2, 0.25) is 0 Å². The molecule has 0 fully saturated rings. The highest BCUT2D eigenvalue weighted by atomic mass is 35.5. The zero-order chi connectivity index (χ0) is 20.8. The molecule has 0 spiro atoms. The van der Waals surface area contributed by atoms with Crippen LogP contribution in [-0.2, 0) is 4.74 Å². The smallest absolute Gasteiger partial charge is 0.349 e. The summed E-state index contributed by atoms with van der Waals surface area (Å²) in [5, 5.41) is -2.92. The van der Waals surface area contributed by atoms with Crippen molar-refractivity contribution in [1.29, 1.82) is 0 Å². The number of hydrogen-bond donors (Lipinski definition) is 0. The number of ether oxygens (including phenoxy) is 1. The Bertz CT molecular complexity index is 864. The van der Waals surface area contributed by atoms with E-state index in [1.807, 2.05) is 0 Å². The quantitative estimate of drug-likeness (QED) is 0.156. The average Bonchev–Trinajstić information content (AvgIpc) is 2.61. The van der Waals surface area contributed by atoms with E-state index in [1.165, 1.54) is 0 Å². The molecular weight excluding hydrogens is 571 g/mol. The monoisotopic (exact) mass is 566 g/mol. The van der Waals surface area contributed by atoms with Crippen LogP contribution < -0.4 is 0 Å². The minimum atomic E-state index is -1.30. The molecule has 0 aliphatic carbocycles. The zero-order valence-electron chi connectivity index (χ0n) is 12.0. The minimum Gasteiger partial charge on any atom is -0.386 e. The van der Waals surface area contributed by atoms with Crippen LogP contribution in [0.2, 0.25) is 50.2 Å². The molecular formula is C14Cl10O3. The Morgan fingerprint density at radius 3 is 0.815 bits per heavy atom. The van der Waals surface area contributed by atoms with Gasteiger partial charge in [-0.1, -0.05) is 116 Å². The predicted molar refractivity (Wildman–Crippen MR) is 113 cm³/mol. The summed E-state index contributed by atoms with van der Waals surface area (Å²) in [5.41, 5.74) is -0.992. The highest BCUT2D eigenvalue weighted by Gasteiger charge is 2.30. The van der Waals surface area contributed by atoms with Crippen LogP contribution in [-0.4, -0.2) is 11.9 Å². The number of hydrogen-bond acceptors (Lipinski definition) is 3. The van der Waals surface area contributed by atoms with Crippen LogP contribution in [0.5, 0.6) is 0 Å². The number of carbonyl (C=O) groups is 2. The van der Waals surface area contributed by atoms with Gasteiger partial charge < -0.3 is 4.74 Å². The second-order valence-electron chi connectivity index (χ2n) is 4.57. The molecule has 0 bridgehead atoms. The fourth-order valence-electron chi connectivity index (χ4n) is 1.75. The first-order valence-electron chi connectivity index (χ1n) is 6.21. The van der Waals surface area contributed by atoms with E-state index in [9.17, 15) is 9.59 Å². The van der Waals surface area contributed by atoms with Crippen LogP contribution in [0.1, 0.15) is 20.7 Å². The second kappa shape index (κ2) is 9.09. The Kier molecular flexibility index (Phi) is 8.00. The molecule has 2 aromatic carbocycles. The van der Waals surface area contributed by atoms with Crippen LogP contribution in [0, 0.1) is 0 Å². The fourth-order valence-corrected chi connectivity index (χ4v) is 4.34. The van der Waals surface area contributed by atoms with Gasteiger partial charge in [-0.3, -0.25) is 0 Å². The molecule has 144 valence electrons. The Morgan fingerprint density at radius 1 is 0.407 bits per heavy atom. The molecule has 13 heteroatoms. The first-order valence-corrected chi connectivity index (χ1v) is 9.99. The number of carbonyl (C=O) groups excluding carboxylic acids is 2. The van der Waals surface area contributed by atoms with Crippen LogP contribution in [0.3, 0.4) is 0 Å². The number of benzene rings is 2. The third kappa shape index (κ3) is 4.34. The standard InChI is InChI=1S/C14Cl10O3/c15-3-1(4(16)8(20)11(23)7(3)19)13(25)27-14(26)2-5(17)9(21)12(24)10(22)6(2)18. The van der Waals surface area contributed by atoms with Crippen molar-refractivity contribution in [2.75, 3.05) is 0 Å². The molecule has 0 atom stereocenters. The van der Waals surface area contributed by atoms with Gasteiger partial charge in [0, 0.05) is 0 Å². The van der Waals surface area contributed by atoms with Gasteiger partial charge in [-0.2, -0.15) is 0 Å². The number of rotatable bonds is 2. The molecule has 0 heterocycles. The molecule has 0 aliphatic heterocycles. The third-order valence-corrected chi connectivity index (χ3v) is 7.57. The highest BCUT2D eigenvalue weighted by Crippen LogP contribution is 2.46. The lowest BCUT2D eigenvalue weighted by molar-refractivity contribution is 0.0398. The van der Waals surface area contributed by atoms with E-state index in [-0.39, 0.29) is 50.2 Å². The van der Waals surface area contributed by atoms with E-state index < -0.39 is 23.1 Å². The summed E-state index contributed by atoms with van der Waals surface area (Å²) in [5.74, 6) is -2.60. The van der Waals surface area contributed by atoms with Crippen molar-refractivity contribution >= 4 is 128 Å². The lowest BCUT2D eigenvalue weighted by Gasteiger charge is -2.13. The van der Waals surface area contributed by atoms with Gasteiger partial charge in [-0.15, -0.1) is 0 Å². The first-order chi connectivity index (χ1) is 12.4. The van der Waals surface area contributed by atoms with Crippen molar-refractivity contribution in [2.45, 2.75) is 0 Å². The van der Waals surface area contributed by atoms with Crippen LogP contribution in [0.15, 0.2) is 0 Å². The molecule has 2 rings (SSSR count). The van der Waals surface area contributed by atoms with Gasteiger partial charge >= 0.3 is 11.9 Å². The van der Waals surface area contributed by atoms with Gasteiger partial charge in [0.05, 0.1) is 50.2 Å². The molecule has 0 N–H and O–H groups in total. The molecule has 0 unspecified atom stereocenters. The van der Waals surface area contributed by atoms with Gasteiger partial charge in [0.15, 0.2) is 0 Å². The summed E-state index contributed by atoms with van der Waals surface area (Å²) in [7, 11) is 0. The van der Waals surface area contributed by atoms with Gasteiger partial charge in [0.25, 0.3) is 0 Å². The van der Waals surface area contributed by atoms with Crippen molar-refractivity contribution in [1.82, 2.24) is 0 Å². The van der Waals surface area contributed by atoms with Crippen molar-refractivity contribution < 1.29 is 14.3 Å². The minimum absolute atomic E-state index is 0.182. The molecule has 0 aromatic heterocycles. The Hall–Kier alpha value is 0.480. The van der Waals surface area contributed by atoms with Crippen molar-refractivity contribution in [2.24, 2.45) is 0 Å². The van der Waals surface area contributed by atoms with E-state index >= 15 is 0 Å². The summed E-state index contributed by atoms with van der Waals surface area (Å²) < 4.78 is 4.71. The van der Waals surface area contributed by atoms with Crippen molar-refractivity contribution in [3.05, 3.63) is 61.4 Å². The maximum absolute atomic E-state index is 12.4. The maximum atomic E-state index is 12.4. The largest absolute Gasteiger partial charge is 0.386 e. The molecule has 0 saturated carbocycles. The van der Waals surface area contributed by atoms with E-state index in [0.29, 0.717) is 0 Å². The Labute approximate surface area is 202 Å². The maximum Gasteiger partial charge on any atom is 0.349 e. The average molecular weight is 571 g/mol. The molecule has 0 amide bonds. The van der Waals surface area contributed by atoms with Gasteiger partial charge in [0.1, 0.15) is 11.1 Å². The molecule has 0 saturated heterocycles. The van der Waals surface area contributed by atoms with Crippen molar-refractivity contribution in [3.63, 3.8) is 0 Å². The third-order valence-electron chi connectivity index (χ3n) is 3.01. The summed E-state index contributed by atoms with van der Waals surface area (Å²) >= 11 is 59.0. The van der Waals surface area contributed by atoms with E-state index in [1.54, 1.807) is 0 Å². The number of halogens is 10. The summed E-state index contributed by atoms with van der Waals surface area (Å²) in [6.07, 6.45) is 0. The molecule has 3 nitrogen and oxygen atoms in total. The molecule has 27 heavy (non-hydrogen) atoms. The summed E-state index contributed by atoms with van der Waals surface area (Å²) in [4.78, 5) is 24.8. The molecule has 0 aliphatic rings. The Balaban J connectivity index is 2.52. The lowest BCUT2D eigenvalue weighted by atomic mass is 10.2. The summed E-state index contributed by atoms with van der Waals surface area (Å²) in [6.45, 7) is 0. The van der Waals surface area contributed by atoms with Gasteiger partial charge in [-0.25, -0.2) is 9.59 Å². The van der Waals surface area contributed by atoms with Crippen LogP contribution >= 0.6 is 116 Å². The van der Waals surface area contributed by atoms with Gasteiger partial charge in [-0.05, 0) is 0 Å². The van der Waals surface area contributed by atoms with E-state index in [4.69, 9.17) is 121 Å². The topological polar surface area (TPSA) is 43.4 Å². The number of esters is 2. The lowest BCUT2D eigenvalue weighted by Crippen LogP contribution is -2.15. The van der Waals surface area contributed by atoms with Crippen molar-refractivity contribution in [3.8, 4) is 0 Å². The predicted octanol–water partition coefficient (Wildman–Crippen LogP) is 9.22. The van der Waals surface area contributed by atoms with E-state index in [2.05, 4.69) is 0 Å². The highest BCUT2D eigenvalue weighted by molar-refractivity contribution is 6.57. The first kappa shape index (κ1) is 23.8. The summed E-state index contributed by atoms with van der Waals surface area (Å²) in [6, 6.07) is 0. The SMILES string of the molecule is O=C(OC(=O)c1c(Cl)c(Cl)c(Cl)c(Cl)c1Cl)c1c(Cl)c(Cl)c(Cl)c(Cl)c1Cl. The zero-order valence-corrected chi connectivity index (χ0v) is 19.6. The second-order valence-corrected chi connectivity index (χ2v) is 8.35. The van der Waals surface area contributed by atoms with E-state index in [0.717, 1.165) is 0 Å². The fraction of sp³-hybridized carbons (Fsp3) is 0. The molecule has 2 aromatic rings. The Morgan fingerprint density at radius 2 is 0.593 bits per heavy atom.